The minimum absolute atomic E-state index is 0.0897. The minimum atomic E-state index is -1.17. The van der Waals surface area contributed by atoms with E-state index >= 15 is 0 Å². The van der Waals surface area contributed by atoms with Crippen LogP contribution in [0.3, 0.4) is 0 Å². The molecular weight excluding hydrogens is 521 g/mol. The number of nitrogens with zero attached hydrogens (tertiary/aromatic N) is 3. The highest BCUT2D eigenvalue weighted by Gasteiger charge is 2.57. The van der Waals surface area contributed by atoms with Crippen LogP contribution in [0.1, 0.15) is 18.4 Å². The van der Waals surface area contributed by atoms with E-state index in [1.807, 2.05) is 0 Å². The molecule has 1 aromatic heterocycles. The topological polar surface area (TPSA) is 147 Å². The van der Waals surface area contributed by atoms with Crippen LogP contribution in [-0.4, -0.2) is 62.3 Å². The zero-order valence-corrected chi connectivity index (χ0v) is 20.6. The van der Waals surface area contributed by atoms with Crippen LogP contribution >= 0.6 is 11.6 Å². The van der Waals surface area contributed by atoms with Gasteiger partial charge in [0.1, 0.15) is 11.8 Å². The van der Waals surface area contributed by atoms with E-state index in [9.17, 15) is 23.7 Å². The molecule has 1 aliphatic carbocycles. The Morgan fingerprint density at radius 3 is 2.68 bits per heavy atom. The highest BCUT2D eigenvalue weighted by molar-refractivity contribution is 6.30. The standard InChI is InChI=1S/C25H23ClFN5O6/c26-15-3-1-2-13(6-15)10-31(27)23(35)21-8-14-7-20(14)32(21)25(37)29-18-11-30(24(28)36)19-5-4-16(9-17(18)19)38-12-22(33)34/h1-6,9,11,14,20-21H,7-8,10,12H2,(H2,28,36)(H,29,37)(H,33,34)/t14-,20-,21+/m1/s1. The molecule has 0 unspecified atom stereocenters. The average molecular weight is 544 g/mol. The number of halogens is 2. The van der Waals surface area contributed by atoms with Crippen LogP contribution in [0.15, 0.2) is 48.7 Å². The van der Waals surface area contributed by atoms with E-state index in [4.69, 9.17) is 27.2 Å². The number of carboxylic acid groups (broad SMARTS) is 1. The molecule has 2 aromatic carbocycles. The number of carbonyl (C=O) groups is 4. The number of aromatic nitrogens is 1. The highest BCUT2D eigenvalue weighted by atomic mass is 35.5. The quantitative estimate of drug-likeness (QED) is 0.388. The maximum absolute atomic E-state index is 14.9. The van der Waals surface area contributed by atoms with Crippen molar-refractivity contribution in [2.24, 2.45) is 11.7 Å². The number of fused-ring (bicyclic) bond motifs is 2. The van der Waals surface area contributed by atoms with Crippen molar-refractivity contribution in [3.63, 3.8) is 0 Å². The number of benzene rings is 2. The largest absolute Gasteiger partial charge is 0.482 e. The normalized spacial score (nSPS) is 19.6. The molecule has 0 spiro atoms. The Morgan fingerprint density at radius 2 is 1.97 bits per heavy atom. The van der Waals surface area contributed by atoms with Gasteiger partial charge < -0.3 is 25.8 Å². The Bertz CT molecular complexity index is 1460. The van der Waals surface area contributed by atoms with Gasteiger partial charge in [-0.2, -0.15) is 5.12 Å². The second-order valence-corrected chi connectivity index (χ2v) is 9.69. The van der Waals surface area contributed by atoms with E-state index in [0.29, 0.717) is 34.3 Å². The number of rotatable bonds is 7. The van der Waals surface area contributed by atoms with Gasteiger partial charge in [0.05, 0.1) is 17.7 Å². The van der Waals surface area contributed by atoms with Crippen LogP contribution in [0.4, 0.5) is 19.8 Å². The Hall–Kier alpha value is -4.32. The molecule has 1 aliphatic heterocycles. The molecule has 4 N–H and O–H groups in total. The number of hydrogen-bond acceptors (Lipinski definition) is 5. The molecule has 3 aromatic rings. The molecule has 4 amide bonds. The number of aliphatic carboxylic acids is 1. The van der Waals surface area contributed by atoms with Crippen LogP contribution in [-0.2, 0) is 16.1 Å². The number of anilines is 1. The first kappa shape index (κ1) is 25.3. The summed E-state index contributed by atoms with van der Waals surface area (Å²) in [5.41, 5.74) is 6.52. The van der Waals surface area contributed by atoms with Gasteiger partial charge in [0.15, 0.2) is 6.61 Å². The summed E-state index contributed by atoms with van der Waals surface area (Å²) in [5.74, 6) is -1.72. The van der Waals surface area contributed by atoms with E-state index in [2.05, 4.69) is 5.32 Å². The summed E-state index contributed by atoms with van der Waals surface area (Å²) in [6, 6.07) is 8.29. The molecule has 1 saturated heterocycles. The predicted molar refractivity (Wildman–Crippen MR) is 134 cm³/mol. The summed E-state index contributed by atoms with van der Waals surface area (Å²) in [6.45, 7) is -0.898. The monoisotopic (exact) mass is 543 g/mol. The average Bonchev–Trinajstić information content (AvgIpc) is 3.38. The molecule has 3 atom stereocenters. The number of primary amides is 1. The molecule has 2 fully saturated rings. The third kappa shape index (κ3) is 4.94. The van der Waals surface area contributed by atoms with E-state index < -0.39 is 36.6 Å². The first-order valence-corrected chi connectivity index (χ1v) is 12.1. The Morgan fingerprint density at radius 1 is 1.18 bits per heavy atom. The SMILES string of the molecule is NC(=O)n1cc(NC(=O)N2[C@@H]3C[C@@H]3C[C@H]2C(=O)N(F)Cc2cccc(Cl)c2)c2cc(OCC(=O)O)ccc21. The maximum Gasteiger partial charge on any atom is 0.341 e. The first-order chi connectivity index (χ1) is 18.1. The van der Waals surface area contributed by atoms with Gasteiger partial charge in [-0.25, -0.2) is 14.4 Å². The van der Waals surface area contributed by atoms with E-state index in [-0.39, 0.29) is 35.1 Å². The lowest BCUT2D eigenvalue weighted by molar-refractivity contribution is -0.152. The second-order valence-electron chi connectivity index (χ2n) is 9.25. The fourth-order valence-electron chi connectivity index (χ4n) is 4.91. The zero-order chi connectivity index (χ0) is 27.1. The molecule has 13 heteroatoms. The summed E-state index contributed by atoms with van der Waals surface area (Å²) in [5, 5.41) is 12.5. The number of likely N-dealkylation sites (tertiary alicyclic amines) is 1. The molecule has 1 saturated carbocycles. The lowest BCUT2D eigenvalue weighted by atomic mass is 10.1. The number of carbonyl (C=O) groups excluding carboxylic acids is 3. The molecule has 0 bridgehead atoms. The Balaban J connectivity index is 1.37. The molecule has 0 radical (unpaired) electrons. The van der Waals surface area contributed by atoms with E-state index in [1.165, 1.54) is 29.3 Å². The maximum atomic E-state index is 14.9. The number of urea groups is 1. The van der Waals surface area contributed by atoms with Crippen molar-refractivity contribution in [1.82, 2.24) is 14.6 Å². The van der Waals surface area contributed by atoms with Gasteiger partial charge in [-0.1, -0.05) is 28.2 Å². The summed E-state index contributed by atoms with van der Waals surface area (Å²) >= 11 is 5.95. The number of carboxylic acids is 1. The van der Waals surface area contributed by atoms with Crippen molar-refractivity contribution >= 4 is 52.1 Å². The van der Waals surface area contributed by atoms with Gasteiger partial charge in [-0.15, -0.1) is 0 Å². The van der Waals surface area contributed by atoms with Crippen LogP contribution in [0, 0.1) is 5.92 Å². The van der Waals surface area contributed by atoms with Gasteiger partial charge in [0.25, 0.3) is 5.91 Å². The summed E-state index contributed by atoms with van der Waals surface area (Å²) in [4.78, 5) is 50.6. The van der Waals surface area contributed by atoms with Gasteiger partial charge in [0.2, 0.25) is 0 Å². The van der Waals surface area contributed by atoms with Crippen molar-refractivity contribution in [1.29, 1.82) is 0 Å². The molecule has 198 valence electrons. The van der Waals surface area contributed by atoms with Crippen molar-refractivity contribution in [2.45, 2.75) is 31.5 Å². The highest BCUT2D eigenvalue weighted by Crippen LogP contribution is 2.48. The van der Waals surface area contributed by atoms with Crippen molar-refractivity contribution in [3.8, 4) is 5.75 Å². The number of amides is 4. The van der Waals surface area contributed by atoms with Crippen LogP contribution in [0.2, 0.25) is 5.02 Å². The van der Waals surface area contributed by atoms with Crippen molar-refractivity contribution < 1.29 is 33.5 Å². The van der Waals surface area contributed by atoms with Crippen LogP contribution in [0.25, 0.3) is 10.9 Å². The zero-order valence-electron chi connectivity index (χ0n) is 19.8. The molecule has 38 heavy (non-hydrogen) atoms. The molecule has 2 aliphatic rings. The van der Waals surface area contributed by atoms with Crippen LogP contribution in [0.5, 0.6) is 5.75 Å². The van der Waals surface area contributed by atoms with Crippen LogP contribution < -0.4 is 15.8 Å². The number of ether oxygens (including phenoxy) is 1. The van der Waals surface area contributed by atoms with Gasteiger partial charge >= 0.3 is 18.0 Å². The smallest absolute Gasteiger partial charge is 0.341 e. The number of nitrogens with two attached hydrogens (primary N) is 1. The fraction of sp³-hybridized carbons (Fsp3) is 0.280. The number of nitrogens with one attached hydrogen (secondary N) is 1. The van der Waals surface area contributed by atoms with Gasteiger partial charge in [0, 0.05) is 22.6 Å². The summed E-state index contributed by atoms with van der Waals surface area (Å²) in [6.07, 6.45) is 2.36. The lowest BCUT2D eigenvalue weighted by Gasteiger charge is -2.28. The van der Waals surface area contributed by atoms with Gasteiger partial charge in [-0.3, -0.25) is 9.36 Å². The minimum Gasteiger partial charge on any atom is -0.482 e. The van der Waals surface area contributed by atoms with E-state index in [1.54, 1.807) is 24.3 Å². The summed E-state index contributed by atoms with van der Waals surface area (Å²) < 4.78 is 21.2. The molecular formula is C25H23ClFN5O6. The third-order valence-corrected chi connectivity index (χ3v) is 6.93. The summed E-state index contributed by atoms with van der Waals surface area (Å²) in [7, 11) is 0. The number of piperidine rings is 1. The Kier molecular flexibility index (Phi) is 6.57. The Labute approximate surface area is 220 Å². The van der Waals surface area contributed by atoms with Gasteiger partial charge in [-0.05, 0) is 54.7 Å². The molecule has 11 nitrogen and oxygen atoms in total. The first-order valence-electron chi connectivity index (χ1n) is 11.7. The van der Waals surface area contributed by atoms with Crippen molar-refractivity contribution in [3.05, 3.63) is 59.2 Å². The third-order valence-electron chi connectivity index (χ3n) is 6.69. The molecule has 2 heterocycles. The fourth-order valence-corrected chi connectivity index (χ4v) is 5.12. The van der Waals surface area contributed by atoms with Crippen molar-refractivity contribution in [2.75, 3.05) is 11.9 Å². The predicted octanol–water partition coefficient (Wildman–Crippen LogP) is 3.59. The molecule has 5 rings (SSSR count). The lowest BCUT2D eigenvalue weighted by Crippen LogP contribution is -2.48. The van der Waals surface area contributed by atoms with E-state index in [0.717, 1.165) is 4.57 Å². The number of hydrogen-bond donors (Lipinski definition) is 3. The second kappa shape index (κ2) is 9.86.